The molecule has 1 aliphatic rings. The average Bonchev–Trinajstić information content (AvgIpc) is 2.69. The van der Waals surface area contributed by atoms with E-state index in [-0.39, 0.29) is 5.82 Å². The number of rotatable bonds is 2. The van der Waals surface area contributed by atoms with Crippen LogP contribution in [0, 0.1) is 5.82 Å². The Morgan fingerprint density at radius 2 is 1.86 bits per heavy atom. The van der Waals surface area contributed by atoms with Crippen molar-refractivity contribution in [1.82, 2.24) is 0 Å². The molecular weight excluding hydrogens is 267 g/mol. The predicted molar refractivity (Wildman–Crippen MR) is 81.4 cm³/mol. The Balaban J connectivity index is 1.97. The number of oxime groups is 1. The van der Waals surface area contributed by atoms with Crippen molar-refractivity contribution in [3.8, 4) is 0 Å². The number of hydrogen-bond acceptors (Lipinski definition) is 3. The van der Waals surface area contributed by atoms with Crippen LogP contribution in [-0.2, 0) is 6.54 Å². The molecule has 1 heterocycles. The van der Waals surface area contributed by atoms with Gasteiger partial charge in [0.2, 0.25) is 0 Å². The van der Waals surface area contributed by atoms with E-state index in [9.17, 15) is 9.60 Å². The van der Waals surface area contributed by atoms with E-state index in [1.807, 2.05) is 36.4 Å². The van der Waals surface area contributed by atoms with Crippen molar-refractivity contribution in [3.63, 3.8) is 0 Å². The zero-order chi connectivity index (χ0) is 14.7. The fourth-order valence-electron chi connectivity index (χ4n) is 2.79. The summed E-state index contributed by atoms with van der Waals surface area (Å²) in [6.45, 7) is 1.33. The van der Waals surface area contributed by atoms with Crippen LogP contribution in [0.4, 0.5) is 10.1 Å². The molecule has 0 amide bonds. The predicted octanol–water partition coefficient (Wildman–Crippen LogP) is 3.80. The lowest BCUT2D eigenvalue weighted by atomic mass is 10.1. The summed E-state index contributed by atoms with van der Waals surface area (Å²) in [4.78, 5) is 2.14. The highest BCUT2D eigenvalue weighted by Crippen LogP contribution is 2.28. The number of benzene rings is 2. The van der Waals surface area contributed by atoms with Crippen molar-refractivity contribution in [2.45, 2.75) is 19.4 Å². The van der Waals surface area contributed by atoms with Gasteiger partial charge in [0.05, 0.1) is 5.71 Å². The summed E-state index contributed by atoms with van der Waals surface area (Å²) in [5.74, 6) is -0.185. The van der Waals surface area contributed by atoms with Gasteiger partial charge in [-0.2, -0.15) is 0 Å². The molecule has 21 heavy (non-hydrogen) atoms. The second-order valence-corrected chi connectivity index (χ2v) is 5.18. The molecule has 4 heteroatoms. The van der Waals surface area contributed by atoms with E-state index in [1.54, 1.807) is 6.07 Å². The van der Waals surface area contributed by atoms with Crippen LogP contribution in [-0.4, -0.2) is 17.5 Å². The molecule has 2 aromatic rings. The maximum atomic E-state index is 13.9. The zero-order valence-electron chi connectivity index (χ0n) is 11.7. The van der Waals surface area contributed by atoms with Crippen molar-refractivity contribution in [2.75, 3.05) is 11.4 Å². The van der Waals surface area contributed by atoms with Crippen LogP contribution in [0.25, 0.3) is 0 Å². The van der Waals surface area contributed by atoms with Gasteiger partial charge in [-0.15, -0.1) is 0 Å². The molecule has 1 aliphatic heterocycles. The molecule has 0 aliphatic carbocycles. The van der Waals surface area contributed by atoms with Crippen LogP contribution in [0.15, 0.2) is 53.7 Å². The molecule has 2 aromatic carbocycles. The molecule has 0 saturated carbocycles. The third-order valence-electron chi connectivity index (χ3n) is 3.84. The Morgan fingerprint density at radius 3 is 2.67 bits per heavy atom. The lowest BCUT2D eigenvalue weighted by Crippen LogP contribution is -2.24. The normalized spacial score (nSPS) is 16.6. The van der Waals surface area contributed by atoms with Crippen molar-refractivity contribution < 1.29 is 9.60 Å². The van der Waals surface area contributed by atoms with Crippen LogP contribution in [0.5, 0.6) is 0 Å². The Hall–Kier alpha value is -2.36. The minimum atomic E-state index is -0.185. The van der Waals surface area contributed by atoms with Gasteiger partial charge in [0.15, 0.2) is 0 Å². The van der Waals surface area contributed by atoms with Crippen LogP contribution in [0.2, 0.25) is 0 Å². The largest absolute Gasteiger partial charge is 0.411 e. The molecule has 0 fully saturated rings. The molecule has 0 bridgehead atoms. The molecule has 0 atom stereocenters. The lowest BCUT2D eigenvalue weighted by Gasteiger charge is -2.25. The Kier molecular flexibility index (Phi) is 3.86. The maximum Gasteiger partial charge on any atom is 0.128 e. The molecule has 0 saturated heterocycles. The summed E-state index contributed by atoms with van der Waals surface area (Å²) < 4.78 is 13.9. The molecule has 108 valence electrons. The first-order valence-corrected chi connectivity index (χ1v) is 7.08. The Labute approximate surface area is 123 Å². The van der Waals surface area contributed by atoms with Crippen molar-refractivity contribution in [2.24, 2.45) is 5.16 Å². The topological polar surface area (TPSA) is 35.8 Å². The maximum absolute atomic E-state index is 13.9. The van der Waals surface area contributed by atoms with Crippen molar-refractivity contribution in [3.05, 3.63) is 65.5 Å². The molecule has 3 nitrogen and oxygen atoms in total. The standard InChI is InChI=1S/C17H17FN2O/c18-15-8-3-1-6-13(15)12-20-11-5-9-16(19-21)14-7-2-4-10-17(14)20/h1-4,6-8,10,21H,5,9,11-12H2/b19-16-. The highest BCUT2D eigenvalue weighted by molar-refractivity contribution is 6.05. The SMILES string of the molecule is O/N=C1/CCCN(Cc2ccccc2F)c2ccccc21. The van der Waals surface area contributed by atoms with Crippen molar-refractivity contribution in [1.29, 1.82) is 0 Å². The van der Waals surface area contributed by atoms with E-state index in [0.29, 0.717) is 17.8 Å². The molecule has 3 rings (SSSR count). The van der Waals surface area contributed by atoms with E-state index < -0.39 is 0 Å². The fraction of sp³-hybridized carbons (Fsp3) is 0.235. The van der Waals surface area contributed by atoms with E-state index in [2.05, 4.69) is 10.1 Å². The Morgan fingerprint density at radius 1 is 1.10 bits per heavy atom. The first kappa shape index (κ1) is 13.6. The third kappa shape index (κ3) is 2.75. The van der Waals surface area contributed by atoms with Crippen LogP contribution in [0.1, 0.15) is 24.0 Å². The fourth-order valence-corrected chi connectivity index (χ4v) is 2.79. The van der Waals surface area contributed by atoms with Crippen LogP contribution < -0.4 is 4.90 Å². The van der Waals surface area contributed by atoms with Gasteiger partial charge in [0, 0.05) is 29.9 Å². The number of halogens is 1. The summed E-state index contributed by atoms with van der Waals surface area (Å²) in [5.41, 5.74) is 3.29. The molecule has 0 spiro atoms. The summed E-state index contributed by atoms with van der Waals surface area (Å²) in [7, 11) is 0. The first-order chi connectivity index (χ1) is 10.3. The number of anilines is 1. The van der Waals surface area contributed by atoms with Crippen molar-refractivity contribution >= 4 is 11.4 Å². The summed E-state index contributed by atoms with van der Waals surface area (Å²) >= 11 is 0. The molecule has 0 radical (unpaired) electrons. The van der Waals surface area contributed by atoms with Gasteiger partial charge < -0.3 is 10.1 Å². The van der Waals surface area contributed by atoms with Gasteiger partial charge in [-0.05, 0) is 25.0 Å². The van der Waals surface area contributed by atoms with E-state index in [1.165, 1.54) is 6.07 Å². The minimum absolute atomic E-state index is 0.185. The second-order valence-electron chi connectivity index (χ2n) is 5.18. The van der Waals surface area contributed by atoms with E-state index in [0.717, 1.165) is 30.6 Å². The average molecular weight is 284 g/mol. The monoisotopic (exact) mass is 284 g/mol. The van der Waals surface area contributed by atoms with Gasteiger partial charge in [-0.1, -0.05) is 41.6 Å². The van der Waals surface area contributed by atoms with E-state index >= 15 is 0 Å². The van der Waals surface area contributed by atoms with Gasteiger partial charge in [0.1, 0.15) is 5.82 Å². The smallest absolute Gasteiger partial charge is 0.128 e. The molecule has 0 aromatic heterocycles. The van der Waals surface area contributed by atoms with Gasteiger partial charge >= 0.3 is 0 Å². The molecular formula is C17H17FN2O. The van der Waals surface area contributed by atoms with Gasteiger partial charge in [-0.25, -0.2) is 4.39 Å². The second kappa shape index (κ2) is 5.95. The number of hydrogen-bond donors (Lipinski definition) is 1. The first-order valence-electron chi connectivity index (χ1n) is 7.08. The highest BCUT2D eigenvalue weighted by Gasteiger charge is 2.20. The van der Waals surface area contributed by atoms with Gasteiger partial charge in [-0.3, -0.25) is 0 Å². The number of nitrogens with zero attached hydrogens (tertiary/aromatic N) is 2. The van der Waals surface area contributed by atoms with Gasteiger partial charge in [0.25, 0.3) is 0 Å². The quantitative estimate of drug-likeness (QED) is 0.672. The lowest BCUT2D eigenvalue weighted by molar-refractivity contribution is 0.318. The Bertz CT molecular complexity index is 669. The number of fused-ring (bicyclic) bond motifs is 1. The summed E-state index contributed by atoms with van der Waals surface area (Å²) in [5, 5.41) is 12.6. The minimum Gasteiger partial charge on any atom is -0.411 e. The van der Waals surface area contributed by atoms with Crippen LogP contribution >= 0.6 is 0 Å². The summed E-state index contributed by atoms with van der Waals surface area (Å²) in [6.07, 6.45) is 1.60. The zero-order valence-corrected chi connectivity index (χ0v) is 11.7. The third-order valence-corrected chi connectivity index (χ3v) is 3.84. The van der Waals surface area contributed by atoms with E-state index in [4.69, 9.17) is 0 Å². The molecule has 1 N–H and O–H groups in total. The summed E-state index contributed by atoms with van der Waals surface area (Å²) in [6, 6.07) is 14.7. The highest BCUT2D eigenvalue weighted by atomic mass is 19.1. The number of para-hydroxylation sites is 1. The molecule has 0 unspecified atom stereocenters. The van der Waals surface area contributed by atoms with Crippen LogP contribution in [0.3, 0.4) is 0 Å².